The monoisotopic (exact) mass is 269 g/mol. The van der Waals surface area contributed by atoms with Gasteiger partial charge in [0.2, 0.25) is 0 Å². The predicted molar refractivity (Wildman–Crippen MR) is 80.1 cm³/mol. The van der Waals surface area contributed by atoms with Gasteiger partial charge in [-0.2, -0.15) is 0 Å². The highest BCUT2D eigenvalue weighted by Crippen LogP contribution is 2.23. The van der Waals surface area contributed by atoms with E-state index in [1.54, 1.807) is 0 Å². The number of rotatable bonds is 4. The molecule has 2 aromatic rings. The van der Waals surface area contributed by atoms with Crippen LogP contribution in [-0.4, -0.2) is 0 Å². The van der Waals surface area contributed by atoms with E-state index in [0.29, 0.717) is 0 Å². The zero-order valence-corrected chi connectivity index (χ0v) is 11.8. The molecule has 1 N–H and O–H groups in total. The fraction of sp³-hybridized carbons (Fsp3) is 0.333. The van der Waals surface area contributed by atoms with E-state index >= 15 is 0 Å². The fourth-order valence-electron chi connectivity index (χ4n) is 2.88. The minimum atomic E-state index is -0.181. The Hall–Kier alpha value is -1.67. The van der Waals surface area contributed by atoms with Gasteiger partial charge in [-0.05, 0) is 60.6 Å². The molecule has 0 radical (unpaired) electrons. The molecular weight excluding hydrogens is 249 g/mol. The highest BCUT2D eigenvalue weighted by atomic mass is 19.1. The van der Waals surface area contributed by atoms with Crippen LogP contribution in [0.25, 0.3) is 0 Å². The van der Waals surface area contributed by atoms with E-state index in [4.69, 9.17) is 0 Å². The standard InChI is InChI=1S/C18H20FN/c1-13(15-7-9-18(19)10-8-15)20-12-14-5-6-16-3-2-4-17(16)11-14/h5-11,13,20H,2-4,12H2,1H3. The summed E-state index contributed by atoms with van der Waals surface area (Å²) in [4.78, 5) is 0. The minimum absolute atomic E-state index is 0.181. The summed E-state index contributed by atoms with van der Waals surface area (Å²) >= 11 is 0. The molecule has 0 bridgehead atoms. The summed E-state index contributed by atoms with van der Waals surface area (Å²) in [6.45, 7) is 2.96. The molecule has 0 fully saturated rings. The van der Waals surface area contributed by atoms with Gasteiger partial charge in [-0.15, -0.1) is 0 Å². The van der Waals surface area contributed by atoms with Crippen LogP contribution in [0.2, 0.25) is 0 Å². The third kappa shape index (κ3) is 2.91. The highest BCUT2D eigenvalue weighted by Gasteiger charge is 2.11. The molecule has 2 aromatic carbocycles. The molecule has 1 aliphatic rings. The summed E-state index contributed by atoms with van der Waals surface area (Å²) < 4.78 is 12.9. The zero-order valence-electron chi connectivity index (χ0n) is 11.8. The Kier molecular flexibility index (Phi) is 3.83. The van der Waals surface area contributed by atoms with Crippen LogP contribution in [0, 0.1) is 5.82 Å². The molecule has 2 heteroatoms. The molecule has 0 saturated heterocycles. The molecule has 1 unspecified atom stereocenters. The maximum atomic E-state index is 12.9. The summed E-state index contributed by atoms with van der Waals surface area (Å²) in [5, 5.41) is 3.50. The van der Waals surface area contributed by atoms with Gasteiger partial charge in [0, 0.05) is 12.6 Å². The van der Waals surface area contributed by atoms with E-state index in [1.807, 2.05) is 12.1 Å². The van der Waals surface area contributed by atoms with Gasteiger partial charge in [0.05, 0.1) is 0 Å². The molecule has 1 nitrogen and oxygen atoms in total. The Morgan fingerprint density at radius 3 is 2.60 bits per heavy atom. The molecule has 20 heavy (non-hydrogen) atoms. The van der Waals surface area contributed by atoms with Crippen LogP contribution in [-0.2, 0) is 19.4 Å². The van der Waals surface area contributed by atoms with Crippen molar-refractivity contribution in [1.82, 2.24) is 5.32 Å². The fourth-order valence-corrected chi connectivity index (χ4v) is 2.88. The van der Waals surface area contributed by atoms with Crippen LogP contribution in [0.3, 0.4) is 0 Å². The van der Waals surface area contributed by atoms with E-state index < -0.39 is 0 Å². The van der Waals surface area contributed by atoms with Crippen molar-refractivity contribution < 1.29 is 4.39 Å². The molecular formula is C18H20FN. The molecule has 0 spiro atoms. The van der Waals surface area contributed by atoms with E-state index in [-0.39, 0.29) is 11.9 Å². The molecule has 1 aliphatic carbocycles. The number of halogens is 1. The molecule has 0 heterocycles. The van der Waals surface area contributed by atoms with Crippen LogP contribution < -0.4 is 5.32 Å². The van der Waals surface area contributed by atoms with Crippen LogP contribution >= 0.6 is 0 Å². The SMILES string of the molecule is CC(NCc1ccc2c(c1)CCC2)c1ccc(F)cc1. The molecule has 0 amide bonds. The molecule has 104 valence electrons. The lowest BCUT2D eigenvalue weighted by molar-refractivity contribution is 0.571. The molecule has 0 aromatic heterocycles. The first-order chi connectivity index (χ1) is 9.72. The molecule has 1 atom stereocenters. The topological polar surface area (TPSA) is 12.0 Å². The van der Waals surface area contributed by atoms with Gasteiger partial charge < -0.3 is 5.32 Å². The second-order valence-electron chi connectivity index (χ2n) is 5.61. The predicted octanol–water partition coefficient (Wildman–Crippen LogP) is 4.17. The van der Waals surface area contributed by atoms with Gasteiger partial charge in [-0.3, -0.25) is 0 Å². The Morgan fingerprint density at radius 2 is 1.80 bits per heavy atom. The van der Waals surface area contributed by atoms with E-state index in [0.717, 1.165) is 12.1 Å². The van der Waals surface area contributed by atoms with E-state index in [1.165, 1.54) is 48.1 Å². The number of hydrogen-bond acceptors (Lipinski definition) is 1. The van der Waals surface area contributed by atoms with Crippen molar-refractivity contribution in [3.8, 4) is 0 Å². The molecule has 0 aliphatic heterocycles. The van der Waals surface area contributed by atoms with Gasteiger partial charge in [0.1, 0.15) is 5.82 Å². The average molecular weight is 269 g/mol. The number of benzene rings is 2. The van der Waals surface area contributed by atoms with E-state index in [9.17, 15) is 4.39 Å². The Balaban J connectivity index is 1.63. The Morgan fingerprint density at radius 1 is 1.05 bits per heavy atom. The smallest absolute Gasteiger partial charge is 0.123 e. The van der Waals surface area contributed by atoms with Crippen molar-refractivity contribution in [1.29, 1.82) is 0 Å². The Bertz CT molecular complexity index is 589. The minimum Gasteiger partial charge on any atom is -0.306 e. The first-order valence-electron chi connectivity index (χ1n) is 7.32. The number of hydrogen-bond donors (Lipinski definition) is 1. The lowest BCUT2D eigenvalue weighted by Gasteiger charge is -2.15. The first kappa shape index (κ1) is 13.3. The Labute approximate surface area is 119 Å². The van der Waals surface area contributed by atoms with Crippen molar-refractivity contribution in [3.05, 3.63) is 70.5 Å². The lowest BCUT2D eigenvalue weighted by atomic mass is 10.1. The van der Waals surface area contributed by atoms with E-state index in [2.05, 4.69) is 30.4 Å². The van der Waals surface area contributed by atoms with Crippen molar-refractivity contribution in [2.45, 2.75) is 38.8 Å². The number of fused-ring (bicyclic) bond motifs is 1. The normalized spacial score (nSPS) is 15.1. The summed E-state index contributed by atoms with van der Waals surface area (Å²) in [7, 11) is 0. The van der Waals surface area contributed by atoms with Crippen molar-refractivity contribution in [2.24, 2.45) is 0 Å². The summed E-state index contributed by atoms with van der Waals surface area (Å²) in [6.07, 6.45) is 3.74. The number of aryl methyl sites for hydroxylation is 2. The zero-order chi connectivity index (χ0) is 13.9. The number of nitrogens with one attached hydrogen (secondary N) is 1. The van der Waals surface area contributed by atoms with Crippen LogP contribution in [0.5, 0.6) is 0 Å². The lowest BCUT2D eigenvalue weighted by Crippen LogP contribution is -2.18. The molecule has 0 saturated carbocycles. The van der Waals surface area contributed by atoms with Crippen LogP contribution in [0.4, 0.5) is 4.39 Å². The highest BCUT2D eigenvalue weighted by molar-refractivity contribution is 5.35. The van der Waals surface area contributed by atoms with Gasteiger partial charge >= 0.3 is 0 Å². The van der Waals surface area contributed by atoms with Gasteiger partial charge in [0.25, 0.3) is 0 Å². The second-order valence-corrected chi connectivity index (χ2v) is 5.61. The maximum Gasteiger partial charge on any atom is 0.123 e. The van der Waals surface area contributed by atoms with Crippen molar-refractivity contribution >= 4 is 0 Å². The summed E-state index contributed by atoms with van der Waals surface area (Å²) in [5.41, 5.74) is 5.48. The van der Waals surface area contributed by atoms with Crippen LogP contribution in [0.1, 0.15) is 41.6 Å². The summed E-state index contributed by atoms with van der Waals surface area (Å²) in [5.74, 6) is -0.181. The van der Waals surface area contributed by atoms with Crippen molar-refractivity contribution in [2.75, 3.05) is 0 Å². The van der Waals surface area contributed by atoms with Gasteiger partial charge in [-0.1, -0.05) is 30.3 Å². The summed E-state index contributed by atoms with van der Waals surface area (Å²) in [6, 6.07) is 13.8. The van der Waals surface area contributed by atoms with Crippen LogP contribution in [0.15, 0.2) is 42.5 Å². The first-order valence-corrected chi connectivity index (χ1v) is 7.32. The van der Waals surface area contributed by atoms with Gasteiger partial charge in [-0.25, -0.2) is 4.39 Å². The quantitative estimate of drug-likeness (QED) is 0.878. The maximum absolute atomic E-state index is 12.9. The second kappa shape index (κ2) is 5.76. The third-order valence-corrected chi connectivity index (χ3v) is 4.15. The molecule has 3 rings (SSSR count). The third-order valence-electron chi connectivity index (χ3n) is 4.15. The van der Waals surface area contributed by atoms with Gasteiger partial charge in [0.15, 0.2) is 0 Å². The average Bonchev–Trinajstić information content (AvgIpc) is 2.93. The van der Waals surface area contributed by atoms with Crippen molar-refractivity contribution in [3.63, 3.8) is 0 Å². The largest absolute Gasteiger partial charge is 0.306 e.